The predicted molar refractivity (Wildman–Crippen MR) is 97.0 cm³/mol. The van der Waals surface area contributed by atoms with Gasteiger partial charge < -0.3 is 10.1 Å². The Kier molecular flexibility index (Phi) is 4.33. The standard InChI is InChI=1S/C21H21NO/c1-4-22-14-15(2)18-10-7-8-12-20(18)23-21-13-17-9-5-6-11-19(17)16(21)3/h4-12,14,21-22H,1,3,13H2,2H3/b15-14+. The van der Waals surface area contributed by atoms with Gasteiger partial charge in [-0.25, -0.2) is 0 Å². The molecule has 0 heterocycles. The summed E-state index contributed by atoms with van der Waals surface area (Å²) < 4.78 is 6.31. The van der Waals surface area contributed by atoms with Crippen LogP contribution < -0.4 is 10.1 Å². The molecular weight excluding hydrogens is 282 g/mol. The fraction of sp³-hybridized carbons (Fsp3) is 0.143. The number of benzene rings is 2. The van der Waals surface area contributed by atoms with Gasteiger partial charge in [-0.15, -0.1) is 0 Å². The van der Waals surface area contributed by atoms with Gasteiger partial charge in [0.05, 0.1) is 0 Å². The smallest absolute Gasteiger partial charge is 0.128 e. The zero-order chi connectivity index (χ0) is 16.2. The van der Waals surface area contributed by atoms with Crippen molar-refractivity contribution < 1.29 is 4.74 Å². The minimum atomic E-state index is -0.00582. The van der Waals surface area contributed by atoms with E-state index in [-0.39, 0.29) is 6.10 Å². The first-order valence-corrected chi connectivity index (χ1v) is 7.77. The lowest BCUT2D eigenvalue weighted by Crippen LogP contribution is -2.16. The van der Waals surface area contributed by atoms with Crippen molar-refractivity contribution in [3.8, 4) is 5.75 Å². The van der Waals surface area contributed by atoms with Gasteiger partial charge in [0.2, 0.25) is 0 Å². The van der Waals surface area contributed by atoms with Gasteiger partial charge in [0.15, 0.2) is 0 Å². The van der Waals surface area contributed by atoms with Crippen molar-refractivity contribution in [3.63, 3.8) is 0 Å². The van der Waals surface area contributed by atoms with Crippen LogP contribution in [0.2, 0.25) is 0 Å². The van der Waals surface area contributed by atoms with Gasteiger partial charge in [-0.05, 0) is 41.5 Å². The van der Waals surface area contributed by atoms with Crippen molar-refractivity contribution in [2.45, 2.75) is 19.4 Å². The first-order chi connectivity index (χ1) is 11.2. The van der Waals surface area contributed by atoms with E-state index in [2.05, 4.69) is 49.7 Å². The van der Waals surface area contributed by atoms with E-state index in [1.165, 1.54) is 11.1 Å². The molecule has 1 atom stereocenters. The summed E-state index contributed by atoms with van der Waals surface area (Å²) in [5, 5.41) is 3.02. The molecule has 1 N–H and O–H groups in total. The van der Waals surface area contributed by atoms with E-state index in [4.69, 9.17) is 4.74 Å². The van der Waals surface area contributed by atoms with Crippen molar-refractivity contribution in [1.29, 1.82) is 0 Å². The lowest BCUT2D eigenvalue weighted by molar-refractivity contribution is 0.265. The van der Waals surface area contributed by atoms with Gasteiger partial charge in [-0.1, -0.05) is 55.6 Å². The number of hydrogen-bond acceptors (Lipinski definition) is 2. The monoisotopic (exact) mass is 303 g/mol. The van der Waals surface area contributed by atoms with E-state index in [9.17, 15) is 0 Å². The molecule has 3 rings (SSSR count). The van der Waals surface area contributed by atoms with E-state index >= 15 is 0 Å². The summed E-state index contributed by atoms with van der Waals surface area (Å²) in [5.41, 5.74) is 5.75. The molecule has 0 fully saturated rings. The molecule has 0 bridgehead atoms. The van der Waals surface area contributed by atoms with Gasteiger partial charge in [-0.2, -0.15) is 0 Å². The molecule has 0 aromatic heterocycles. The third-order valence-electron chi connectivity index (χ3n) is 4.16. The van der Waals surface area contributed by atoms with E-state index < -0.39 is 0 Å². The van der Waals surface area contributed by atoms with Crippen LogP contribution >= 0.6 is 0 Å². The third kappa shape index (κ3) is 3.07. The van der Waals surface area contributed by atoms with Crippen LogP contribution in [0.1, 0.15) is 23.6 Å². The molecule has 1 unspecified atom stereocenters. The van der Waals surface area contributed by atoms with E-state index in [0.29, 0.717) is 0 Å². The quantitative estimate of drug-likeness (QED) is 0.857. The van der Waals surface area contributed by atoms with Gasteiger partial charge in [0, 0.05) is 18.2 Å². The number of fused-ring (bicyclic) bond motifs is 1. The second-order valence-electron chi connectivity index (χ2n) is 5.69. The minimum absolute atomic E-state index is 0.00582. The zero-order valence-electron chi connectivity index (χ0n) is 13.4. The molecule has 116 valence electrons. The molecule has 0 saturated heterocycles. The topological polar surface area (TPSA) is 21.3 Å². The number of ether oxygens (including phenoxy) is 1. The summed E-state index contributed by atoms with van der Waals surface area (Å²) in [6.07, 6.45) is 4.45. The maximum atomic E-state index is 6.31. The average Bonchev–Trinajstić information content (AvgIpc) is 2.89. The fourth-order valence-corrected chi connectivity index (χ4v) is 2.93. The summed E-state index contributed by atoms with van der Waals surface area (Å²) >= 11 is 0. The second-order valence-corrected chi connectivity index (χ2v) is 5.69. The Labute approximate surface area is 137 Å². The number of allylic oxidation sites excluding steroid dienone is 1. The van der Waals surface area contributed by atoms with E-state index in [1.54, 1.807) is 6.20 Å². The molecule has 23 heavy (non-hydrogen) atoms. The lowest BCUT2D eigenvalue weighted by atomic mass is 10.1. The Hall–Kier alpha value is -2.74. The SMILES string of the molecule is C=CN/C=C(\C)c1ccccc1OC1Cc2ccccc2C1=C. The Bertz CT molecular complexity index is 773. The first kappa shape index (κ1) is 15.2. The Morgan fingerprint density at radius 3 is 2.70 bits per heavy atom. The molecule has 2 heteroatoms. The number of para-hydroxylation sites is 1. The maximum absolute atomic E-state index is 6.31. The van der Waals surface area contributed by atoms with Crippen molar-refractivity contribution in [2.75, 3.05) is 0 Å². The zero-order valence-corrected chi connectivity index (χ0v) is 13.4. The summed E-state index contributed by atoms with van der Waals surface area (Å²) in [6.45, 7) is 9.95. The molecule has 0 amide bonds. The number of hydrogen-bond donors (Lipinski definition) is 1. The minimum Gasteiger partial charge on any atom is -0.485 e. The molecule has 0 saturated carbocycles. The van der Waals surface area contributed by atoms with E-state index in [1.807, 2.05) is 30.5 Å². The highest BCUT2D eigenvalue weighted by Gasteiger charge is 2.27. The van der Waals surface area contributed by atoms with Gasteiger partial charge in [0.1, 0.15) is 11.9 Å². The van der Waals surface area contributed by atoms with Crippen molar-refractivity contribution in [2.24, 2.45) is 0 Å². The summed E-state index contributed by atoms with van der Waals surface area (Å²) in [6, 6.07) is 16.5. The van der Waals surface area contributed by atoms with Crippen LogP contribution in [0, 0.1) is 0 Å². The Morgan fingerprint density at radius 2 is 1.91 bits per heavy atom. The molecular formula is C21H21NO. The summed E-state index contributed by atoms with van der Waals surface area (Å²) in [5.74, 6) is 0.881. The number of nitrogens with one attached hydrogen (secondary N) is 1. The van der Waals surface area contributed by atoms with Crippen molar-refractivity contribution in [1.82, 2.24) is 5.32 Å². The second kappa shape index (κ2) is 6.57. The van der Waals surface area contributed by atoms with Crippen LogP contribution in [0.15, 0.2) is 74.1 Å². The molecule has 2 aromatic rings. The average molecular weight is 303 g/mol. The highest BCUT2D eigenvalue weighted by molar-refractivity contribution is 5.75. The number of rotatable bonds is 5. The molecule has 0 aliphatic heterocycles. The highest BCUT2D eigenvalue weighted by atomic mass is 16.5. The van der Waals surface area contributed by atoms with Crippen molar-refractivity contribution in [3.05, 3.63) is 90.8 Å². The van der Waals surface area contributed by atoms with Gasteiger partial charge in [0.25, 0.3) is 0 Å². The molecule has 1 aliphatic carbocycles. The van der Waals surface area contributed by atoms with Crippen LogP contribution in [0.4, 0.5) is 0 Å². The molecule has 0 spiro atoms. The van der Waals surface area contributed by atoms with Gasteiger partial charge >= 0.3 is 0 Å². The molecule has 1 aliphatic rings. The van der Waals surface area contributed by atoms with Crippen LogP contribution in [0.25, 0.3) is 11.1 Å². The molecule has 0 radical (unpaired) electrons. The highest BCUT2D eigenvalue weighted by Crippen LogP contribution is 2.35. The largest absolute Gasteiger partial charge is 0.485 e. The predicted octanol–water partition coefficient (Wildman–Crippen LogP) is 4.80. The van der Waals surface area contributed by atoms with Crippen LogP contribution in [0.5, 0.6) is 5.75 Å². The van der Waals surface area contributed by atoms with E-state index in [0.717, 1.165) is 28.9 Å². The molecule has 2 nitrogen and oxygen atoms in total. The maximum Gasteiger partial charge on any atom is 0.128 e. The normalized spacial score (nSPS) is 16.8. The van der Waals surface area contributed by atoms with Crippen LogP contribution in [-0.2, 0) is 6.42 Å². The van der Waals surface area contributed by atoms with Crippen molar-refractivity contribution >= 4 is 11.1 Å². The first-order valence-electron chi connectivity index (χ1n) is 7.77. The van der Waals surface area contributed by atoms with Crippen LogP contribution in [0.3, 0.4) is 0 Å². The Morgan fingerprint density at radius 1 is 1.17 bits per heavy atom. The summed E-state index contributed by atoms with van der Waals surface area (Å²) in [7, 11) is 0. The summed E-state index contributed by atoms with van der Waals surface area (Å²) in [4.78, 5) is 0. The molecule has 2 aromatic carbocycles. The lowest BCUT2D eigenvalue weighted by Gasteiger charge is -2.18. The van der Waals surface area contributed by atoms with Gasteiger partial charge in [-0.3, -0.25) is 0 Å². The fourth-order valence-electron chi connectivity index (χ4n) is 2.93. The Balaban J connectivity index is 1.85. The van der Waals surface area contributed by atoms with Crippen LogP contribution in [-0.4, -0.2) is 6.10 Å². The third-order valence-corrected chi connectivity index (χ3v) is 4.16.